The van der Waals surface area contributed by atoms with Crippen molar-refractivity contribution in [2.45, 2.75) is 26.3 Å². The molecule has 1 unspecified atom stereocenters. The standard InChI is InChI=1S/C14H21N3O/c1-10(2)14(8-18)15-6-5-11-3-4-12-13(7-11)17-9-16-12/h3-4,7,9-10,14-15,18H,5-6,8H2,1-2H3,(H,16,17). The Hall–Kier alpha value is -1.39. The van der Waals surface area contributed by atoms with Crippen LogP contribution in [0.1, 0.15) is 19.4 Å². The van der Waals surface area contributed by atoms with E-state index in [0.717, 1.165) is 24.0 Å². The van der Waals surface area contributed by atoms with Gasteiger partial charge in [-0.05, 0) is 36.6 Å². The summed E-state index contributed by atoms with van der Waals surface area (Å²) in [6.07, 6.45) is 2.67. The van der Waals surface area contributed by atoms with E-state index in [4.69, 9.17) is 0 Å². The Morgan fingerprint density at radius 1 is 1.39 bits per heavy atom. The molecule has 4 heteroatoms. The third kappa shape index (κ3) is 3.09. The van der Waals surface area contributed by atoms with Crippen molar-refractivity contribution in [1.29, 1.82) is 0 Å². The summed E-state index contributed by atoms with van der Waals surface area (Å²) in [4.78, 5) is 7.32. The van der Waals surface area contributed by atoms with Crippen LogP contribution in [0.3, 0.4) is 0 Å². The summed E-state index contributed by atoms with van der Waals surface area (Å²) in [5, 5.41) is 12.6. The first kappa shape index (κ1) is 13.1. The summed E-state index contributed by atoms with van der Waals surface area (Å²) in [7, 11) is 0. The molecule has 0 fully saturated rings. The molecule has 3 N–H and O–H groups in total. The molecule has 0 aliphatic carbocycles. The van der Waals surface area contributed by atoms with Gasteiger partial charge in [-0.25, -0.2) is 4.98 Å². The molecule has 4 nitrogen and oxygen atoms in total. The zero-order chi connectivity index (χ0) is 13.0. The first-order valence-corrected chi connectivity index (χ1v) is 6.47. The molecule has 0 bridgehead atoms. The minimum atomic E-state index is 0.181. The van der Waals surface area contributed by atoms with Gasteiger partial charge >= 0.3 is 0 Å². The highest BCUT2D eigenvalue weighted by atomic mass is 16.3. The Labute approximate surface area is 107 Å². The van der Waals surface area contributed by atoms with Crippen LogP contribution in [0.15, 0.2) is 24.5 Å². The van der Waals surface area contributed by atoms with E-state index in [1.165, 1.54) is 5.56 Å². The minimum Gasteiger partial charge on any atom is -0.395 e. The average molecular weight is 247 g/mol. The van der Waals surface area contributed by atoms with E-state index in [1.54, 1.807) is 6.33 Å². The van der Waals surface area contributed by atoms with Crippen LogP contribution in [-0.4, -0.2) is 34.3 Å². The lowest BCUT2D eigenvalue weighted by Gasteiger charge is -2.19. The van der Waals surface area contributed by atoms with Crippen molar-refractivity contribution in [3.63, 3.8) is 0 Å². The Morgan fingerprint density at radius 3 is 2.94 bits per heavy atom. The Balaban J connectivity index is 1.89. The number of hydrogen-bond acceptors (Lipinski definition) is 3. The number of imidazole rings is 1. The SMILES string of the molecule is CC(C)C(CO)NCCc1ccc2nc[nH]c2c1. The molecular weight excluding hydrogens is 226 g/mol. The summed E-state index contributed by atoms with van der Waals surface area (Å²) in [6, 6.07) is 6.45. The lowest BCUT2D eigenvalue weighted by atomic mass is 10.0. The third-order valence-corrected chi connectivity index (χ3v) is 3.31. The molecule has 1 atom stereocenters. The number of nitrogens with zero attached hydrogens (tertiary/aromatic N) is 1. The number of benzene rings is 1. The van der Waals surface area contributed by atoms with E-state index in [0.29, 0.717) is 5.92 Å². The predicted molar refractivity (Wildman–Crippen MR) is 73.5 cm³/mol. The van der Waals surface area contributed by atoms with Crippen LogP contribution in [0.4, 0.5) is 0 Å². The van der Waals surface area contributed by atoms with Crippen LogP contribution in [0.2, 0.25) is 0 Å². The van der Waals surface area contributed by atoms with Crippen molar-refractivity contribution in [1.82, 2.24) is 15.3 Å². The zero-order valence-electron chi connectivity index (χ0n) is 11.0. The maximum Gasteiger partial charge on any atom is 0.0931 e. The van der Waals surface area contributed by atoms with Crippen molar-refractivity contribution in [3.05, 3.63) is 30.1 Å². The van der Waals surface area contributed by atoms with E-state index in [2.05, 4.69) is 41.3 Å². The fourth-order valence-corrected chi connectivity index (χ4v) is 2.05. The van der Waals surface area contributed by atoms with Crippen molar-refractivity contribution >= 4 is 11.0 Å². The van der Waals surface area contributed by atoms with E-state index >= 15 is 0 Å². The van der Waals surface area contributed by atoms with E-state index in [-0.39, 0.29) is 12.6 Å². The second kappa shape index (κ2) is 5.98. The fourth-order valence-electron chi connectivity index (χ4n) is 2.05. The molecule has 2 aromatic rings. The largest absolute Gasteiger partial charge is 0.395 e. The summed E-state index contributed by atoms with van der Waals surface area (Å²) < 4.78 is 0. The second-order valence-electron chi connectivity index (χ2n) is 4.99. The molecule has 1 aromatic carbocycles. The van der Waals surface area contributed by atoms with Gasteiger partial charge in [-0.15, -0.1) is 0 Å². The Kier molecular flexibility index (Phi) is 4.33. The topological polar surface area (TPSA) is 60.9 Å². The van der Waals surface area contributed by atoms with Gasteiger partial charge in [0.25, 0.3) is 0 Å². The number of H-pyrrole nitrogens is 1. The van der Waals surface area contributed by atoms with Crippen LogP contribution in [-0.2, 0) is 6.42 Å². The smallest absolute Gasteiger partial charge is 0.0931 e. The predicted octanol–water partition coefficient (Wildman–Crippen LogP) is 1.71. The summed E-state index contributed by atoms with van der Waals surface area (Å²) in [6.45, 7) is 5.30. The quantitative estimate of drug-likeness (QED) is 0.728. The monoisotopic (exact) mass is 247 g/mol. The van der Waals surface area contributed by atoms with Gasteiger partial charge < -0.3 is 15.4 Å². The first-order valence-electron chi connectivity index (χ1n) is 6.47. The average Bonchev–Trinajstić information content (AvgIpc) is 2.81. The number of aromatic nitrogens is 2. The summed E-state index contributed by atoms with van der Waals surface area (Å²) in [5.74, 6) is 0.449. The number of aliphatic hydroxyl groups excluding tert-OH is 1. The molecule has 0 saturated heterocycles. The summed E-state index contributed by atoms with van der Waals surface area (Å²) >= 11 is 0. The molecular formula is C14H21N3O. The lowest BCUT2D eigenvalue weighted by molar-refractivity contribution is 0.212. The molecule has 0 aliphatic rings. The third-order valence-electron chi connectivity index (χ3n) is 3.31. The van der Waals surface area contributed by atoms with Crippen LogP contribution >= 0.6 is 0 Å². The highest BCUT2D eigenvalue weighted by Gasteiger charge is 2.10. The highest BCUT2D eigenvalue weighted by molar-refractivity contribution is 5.75. The molecule has 0 saturated carbocycles. The Morgan fingerprint density at radius 2 is 2.22 bits per heavy atom. The van der Waals surface area contributed by atoms with E-state index in [9.17, 15) is 5.11 Å². The normalized spacial score (nSPS) is 13.3. The number of hydrogen-bond donors (Lipinski definition) is 3. The first-order chi connectivity index (χ1) is 8.70. The molecule has 1 aromatic heterocycles. The van der Waals surface area contributed by atoms with Gasteiger partial charge in [0, 0.05) is 6.04 Å². The maximum absolute atomic E-state index is 9.23. The van der Waals surface area contributed by atoms with Crippen molar-refractivity contribution in [2.75, 3.05) is 13.2 Å². The molecule has 0 spiro atoms. The van der Waals surface area contributed by atoms with Gasteiger partial charge in [-0.3, -0.25) is 0 Å². The molecule has 1 heterocycles. The van der Waals surface area contributed by atoms with Gasteiger partial charge in [-0.2, -0.15) is 0 Å². The fraction of sp³-hybridized carbons (Fsp3) is 0.500. The highest BCUT2D eigenvalue weighted by Crippen LogP contribution is 2.12. The zero-order valence-corrected chi connectivity index (χ0v) is 11.0. The van der Waals surface area contributed by atoms with Crippen LogP contribution < -0.4 is 5.32 Å². The van der Waals surface area contributed by atoms with E-state index in [1.807, 2.05) is 6.07 Å². The number of aromatic amines is 1. The number of rotatable bonds is 6. The van der Waals surface area contributed by atoms with E-state index < -0.39 is 0 Å². The molecule has 18 heavy (non-hydrogen) atoms. The van der Waals surface area contributed by atoms with Gasteiger partial charge in [-0.1, -0.05) is 19.9 Å². The number of nitrogens with one attached hydrogen (secondary N) is 2. The van der Waals surface area contributed by atoms with Gasteiger partial charge in [0.15, 0.2) is 0 Å². The van der Waals surface area contributed by atoms with Gasteiger partial charge in [0.2, 0.25) is 0 Å². The van der Waals surface area contributed by atoms with Crippen LogP contribution in [0.5, 0.6) is 0 Å². The maximum atomic E-state index is 9.23. The van der Waals surface area contributed by atoms with Crippen molar-refractivity contribution in [3.8, 4) is 0 Å². The van der Waals surface area contributed by atoms with Crippen molar-refractivity contribution < 1.29 is 5.11 Å². The summed E-state index contributed by atoms with van der Waals surface area (Å²) in [5.41, 5.74) is 3.36. The molecule has 0 amide bonds. The lowest BCUT2D eigenvalue weighted by Crippen LogP contribution is -2.38. The molecule has 0 aliphatic heterocycles. The van der Waals surface area contributed by atoms with Crippen LogP contribution in [0.25, 0.3) is 11.0 Å². The van der Waals surface area contributed by atoms with Crippen molar-refractivity contribution in [2.24, 2.45) is 5.92 Å². The van der Waals surface area contributed by atoms with Gasteiger partial charge in [0.05, 0.1) is 24.0 Å². The number of aliphatic hydroxyl groups is 1. The number of fused-ring (bicyclic) bond motifs is 1. The minimum absolute atomic E-state index is 0.181. The molecule has 0 radical (unpaired) electrons. The second-order valence-corrected chi connectivity index (χ2v) is 4.99. The Bertz CT molecular complexity index is 492. The van der Waals surface area contributed by atoms with Gasteiger partial charge in [0.1, 0.15) is 0 Å². The van der Waals surface area contributed by atoms with Crippen LogP contribution in [0, 0.1) is 5.92 Å². The molecule has 98 valence electrons. The molecule has 2 rings (SSSR count).